The van der Waals surface area contributed by atoms with Gasteiger partial charge in [-0.25, -0.2) is 13.6 Å². The molecule has 1 aliphatic rings. The van der Waals surface area contributed by atoms with Crippen LogP contribution in [0.25, 0.3) is 0 Å². The fourth-order valence-electron chi connectivity index (χ4n) is 2.17. The minimum absolute atomic E-state index is 0.00371. The van der Waals surface area contributed by atoms with Gasteiger partial charge in [0.15, 0.2) is 0 Å². The third-order valence-corrected chi connectivity index (χ3v) is 3.48. The molecular weight excluding hydrogens is 282 g/mol. The van der Waals surface area contributed by atoms with E-state index < -0.39 is 23.6 Å². The zero-order valence-electron chi connectivity index (χ0n) is 11.5. The molecule has 0 aliphatic heterocycles. The summed E-state index contributed by atoms with van der Waals surface area (Å²) in [4.78, 5) is 23.5. The highest BCUT2D eigenvalue weighted by molar-refractivity contribution is 5.76. The minimum atomic E-state index is -0.993. The van der Waals surface area contributed by atoms with Crippen molar-refractivity contribution in [3.8, 4) is 0 Å². The van der Waals surface area contributed by atoms with E-state index in [1.807, 2.05) is 0 Å². The monoisotopic (exact) mass is 298 g/mol. The number of urea groups is 1. The number of aliphatic carboxylic acids is 1. The minimum Gasteiger partial charge on any atom is -0.481 e. The number of carboxylic acid groups (broad SMARTS) is 1. The molecule has 2 rings (SSSR count). The van der Waals surface area contributed by atoms with Gasteiger partial charge >= 0.3 is 12.0 Å². The van der Waals surface area contributed by atoms with Gasteiger partial charge < -0.3 is 15.3 Å². The van der Waals surface area contributed by atoms with Crippen LogP contribution in [-0.2, 0) is 4.79 Å². The molecule has 7 heteroatoms. The SMILES string of the molecule is CN(CCC(=O)O)C(=O)N[C@@H]1C[C@H]1c1c(F)cccc1F. The predicted octanol–water partition coefficient (Wildman–Crippen LogP) is 1.94. The maximum Gasteiger partial charge on any atom is 0.317 e. The lowest BCUT2D eigenvalue weighted by atomic mass is 10.1. The molecule has 0 heterocycles. The lowest BCUT2D eigenvalue weighted by molar-refractivity contribution is -0.137. The van der Waals surface area contributed by atoms with Crippen molar-refractivity contribution >= 4 is 12.0 Å². The first-order valence-corrected chi connectivity index (χ1v) is 6.57. The fraction of sp³-hybridized carbons (Fsp3) is 0.429. The van der Waals surface area contributed by atoms with Crippen LogP contribution in [0, 0.1) is 11.6 Å². The van der Waals surface area contributed by atoms with Crippen molar-refractivity contribution in [1.29, 1.82) is 0 Å². The maximum atomic E-state index is 13.6. The molecule has 2 amide bonds. The number of benzene rings is 1. The van der Waals surface area contributed by atoms with Gasteiger partial charge in [-0.1, -0.05) is 6.07 Å². The first-order valence-electron chi connectivity index (χ1n) is 6.57. The van der Waals surface area contributed by atoms with Crippen LogP contribution in [-0.4, -0.2) is 41.6 Å². The van der Waals surface area contributed by atoms with Crippen molar-refractivity contribution in [2.75, 3.05) is 13.6 Å². The molecule has 1 saturated carbocycles. The Balaban J connectivity index is 1.89. The summed E-state index contributed by atoms with van der Waals surface area (Å²) < 4.78 is 27.2. The Morgan fingerprint density at radius 1 is 1.38 bits per heavy atom. The summed E-state index contributed by atoms with van der Waals surface area (Å²) in [6, 6.07) is 2.91. The molecule has 5 nitrogen and oxygen atoms in total. The smallest absolute Gasteiger partial charge is 0.317 e. The standard InChI is InChI=1S/C14H16F2N2O3/c1-18(6-5-12(19)20)14(21)17-11-7-8(11)13-9(15)3-2-4-10(13)16/h2-4,8,11H,5-7H2,1H3,(H,17,21)(H,19,20)/t8-,11-/m1/s1. The number of rotatable bonds is 5. The van der Waals surface area contributed by atoms with Gasteiger partial charge in [0.25, 0.3) is 0 Å². The first kappa shape index (κ1) is 15.2. The summed E-state index contributed by atoms with van der Waals surface area (Å²) in [6.45, 7) is 0.0760. The van der Waals surface area contributed by atoms with Gasteiger partial charge in [-0.05, 0) is 18.6 Å². The largest absolute Gasteiger partial charge is 0.481 e. The molecule has 0 aromatic heterocycles. The summed E-state index contributed by atoms with van der Waals surface area (Å²) in [5, 5.41) is 11.2. The van der Waals surface area contributed by atoms with Crippen molar-refractivity contribution in [3.63, 3.8) is 0 Å². The normalized spacial score (nSPS) is 20.0. The van der Waals surface area contributed by atoms with E-state index in [1.165, 1.54) is 30.1 Å². The summed E-state index contributed by atoms with van der Waals surface area (Å²) in [7, 11) is 1.47. The molecule has 0 spiro atoms. The Morgan fingerprint density at radius 3 is 2.57 bits per heavy atom. The molecule has 2 atom stereocenters. The Bertz CT molecular complexity index is 545. The van der Waals surface area contributed by atoms with Crippen molar-refractivity contribution in [2.24, 2.45) is 0 Å². The average Bonchev–Trinajstić information content (AvgIpc) is 3.14. The maximum absolute atomic E-state index is 13.6. The molecule has 1 aromatic rings. The van der Waals surface area contributed by atoms with Crippen LogP contribution in [0.1, 0.15) is 24.3 Å². The van der Waals surface area contributed by atoms with Gasteiger partial charge in [0.1, 0.15) is 11.6 Å². The number of halogens is 2. The second-order valence-electron chi connectivity index (χ2n) is 5.10. The van der Waals surface area contributed by atoms with E-state index >= 15 is 0 Å². The van der Waals surface area contributed by atoms with E-state index in [9.17, 15) is 18.4 Å². The molecule has 114 valence electrons. The fourth-order valence-corrected chi connectivity index (χ4v) is 2.17. The zero-order chi connectivity index (χ0) is 15.6. The van der Waals surface area contributed by atoms with Crippen molar-refractivity contribution in [2.45, 2.75) is 24.8 Å². The number of amides is 2. The number of nitrogens with zero attached hydrogens (tertiary/aromatic N) is 1. The molecular formula is C14H16F2N2O3. The molecule has 1 aliphatic carbocycles. The summed E-state index contributed by atoms with van der Waals surface area (Å²) in [5.41, 5.74) is -0.00371. The second kappa shape index (κ2) is 6.07. The molecule has 0 saturated heterocycles. The van der Waals surface area contributed by atoms with Crippen LogP contribution in [0.4, 0.5) is 13.6 Å². The van der Waals surface area contributed by atoms with Gasteiger partial charge in [-0.3, -0.25) is 4.79 Å². The van der Waals surface area contributed by atoms with Gasteiger partial charge in [-0.15, -0.1) is 0 Å². The van der Waals surface area contributed by atoms with Gasteiger partial charge in [0.2, 0.25) is 0 Å². The number of nitrogens with one attached hydrogen (secondary N) is 1. The number of carboxylic acids is 1. The molecule has 21 heavy (non-hydrogen) atoms. The van der Waals surface area contributed by atoms with Crippen LogP contribution < -0.4 is 5.32 Å². The number of hydrogen-bond donors (Lipinski definition) is 2. The van der Waals surface area contributed by atoms with E-state index in [1.54, 1.807) is 0 Å². The van der Waals surface area contributed by atoms with Crippen LogP contribution in [0.2, 0.25) is 0 Å². The number of hydrogen-bond acceptors (Lipinski definition) is 2. The number of carbonyl (C=O) groups excluding carboxylic acids is 1. The lowest BCUT2D eigenvalue weighted by Gasteiger charge is -2.17. The third-order valence-electron chi connectivity index (χ3n) is 3.48. The first-order chi connectivity index (χ1) is 9.90. The highest BCUT2D eigenvalue weighted by atomic mass is 19.1. The quantitative estimate of drug-likeness (QED) is 0.872. The van der Waals surface area contributed by atoms with E-state index in [-0.39, 0.29) is 30.5 Å². The molecule has 2 N–H and O–H groups in total. The van der Waals surface area contributed by atoms with E-state index in [2.05, 4.69) is 5.32 Å². The van der Waals surface area contributed by atoms with Crippen LogP contribution in [0.3, 0.4) is 0 Å². The van der Waals surface area contributed by atoms with Crippen molar-refractivity contribution in [1.82, 2.24) is 10.2 Å². The second-order valence-corrected chi connectivity index (χ2v) is 5.10. The van der Waals surface area contributed by atoms with Gasteiger partial charge in [0, 0.05) is 31.1 Å². The summed E-state index contributed by atoms with van der Waals surface area (Å²) in [5.74, 6) is -2.60. The lowest BCUT2D eigenvalue weighted by Crippen LogP contribution is -2.39. The Hall–Kier alpha value is -2.18. The number of carbonyl (C=O) groups is 2. The summed E-state index contributed by atoms with van der Waals surface area (Å²) >= 11 is 0. The Morgan fingerprint density at radius 2 is 2.00 bits per heavy atom. The van der Waals surface area contributed by atoms with E-state index in [4.69, 9.17) is 5.11 Å². The van der Waals surface area contributed by atoms with Crippen LogP contribution >= 0.6 is 0 Å². The molecule has 1 fully saturated rings. The van der Waals surface area contributed by atoms with E-state index in [0.29, 0.717) is 6.42 Å². The molecule has 0 radical (unpaired) electrons. The van der Waals surface area contributed by atoms with Crippen molar-refractivity contribution in [3.05, 3.63) is 35.4 Å². The Kier molecular flexibility index (Phi) is 4.40. The molecule has 0 unspecified atom stereocenters. The average molecular weight is 298 g/mol. The van der Waals surface area contributed by atoms with E-state index in [0.717, 1.165) is 0 Å². The molecule has 1 aromatic carbocycles. The van der Waals surface area contributed by atoms with Crippen LogP contribution in [0.15, 0.2) is 18.2 Å². The predicted molar refractivity (Wildman–Crippen MR) is 70.9 cm³/mol. The molecule has 0 bridgehead atoms. The zero-order valence-corrected chi connectivity index (χ0v) is 11.5. The topological polar surface area (TPSA) is 69.6 Å². The third kappa shape index (κ3) is 3.68. The van der Waals surface area contributed by atoms with Crippen molar-refractivity contribution < 1.29 is 23.5 Å². The Labute approximate surface area is 120 Å². The highest BCUT2D eigenvalue weighted by Crippen LogP contribution is 2.43. The van der Waals surface area contributed by atoms with Crippen LogP contribution in [0.5, 0.6) is 0 Å². The van der Waals surface area contributed by atoms with Gasteiger partial charge in [0.05, 0.1) is 6.42 Å². The van der Waals surface area contributed by atoms with Gasteiger partial charge in [-0.2, -0.15) is 0 Å². The highest BCUT2D eigenvalue weighted by Gasteiger charge is 2.43. The summed E-state index contributed by atoms with van der Waals surface area (Å²) in [6.07, 6.45) is 0.316.